The number of carboxylic acid groups (broad SMARTS) is 1. The summed E-state index contributed by atoms with van der Waals surface area (Å²) in [5.74, 6) is -0.942. The summed E-state index contributed by atoms with van der Waals surface area (Å²) >= 11 is 0. The molecular formula is C12H15NO3. The summed E-state index contributed by atoms with van der Waals surface area (Å²) in [4.78, 5) is 25.8. The van der Waals surface area contributed by atoms with Gasteiger partial charge in [0.2, 0.25) is 0 Å². The minimum absolute atomic E-state index is 0.0486. The van der Waals surface area contributed by atoms with Gasteiger partial charge in [-0.25, -0.2) is 4.79 Å². The first kappa shape index (κ1) is 10.9. The summed E-state index contributed by atoms with van der Waals surface area (Å²) in [5, 5.41) is 9.07. The normalized spacial score (nSPS) is 18.3. The van der Waals surface area contributed by atoms with E-state index in [0.29, 0.717) is 29.7 Å². The second-order valence-corrected chi connectivity index (χ2v) is 5.22. The van der Waals surface area contributed by atoms with Gasteiger partial charge in [0, 0.05) is 17.7 Å². The SMILES string of the molecule is Cc1[nH]c(C(=O)O)c2c1C(=O)CC(C)(C)C2. The quantitative estimate of drug-likeness (QED) is 0.763. The van der Waals surface area contributed by atoms with E-state index in [1.54, 1.807) is 6.92 Å². The highest BCUT2D eigenvalue weighted by molar-refractivity contribution is 6.03. The van der Waals surface area contributed by atoms with Gasteiger partial charge in [-0.15, -0.1) is 0 Å². The Kier molecular flexibility index (Phi) is 2.19. The van der Waals surface area contributed by atoms with Crippen molar-refractivity contribution in [3.8, 4) is 0 Å². The Balaban J connectivity index is 2.63. The molecule has 1 aromatic rings. The van der Waals surface area contributed by atoms with Gasteiger partial charge in [0.15, 0.2) is 5.78 Å². The number of hydrogen-bond donors (Lipinski definition) is 2. The van der Waals surface area contributed by atoms with Crippen molar-refractivity contribution in [2.75, 3.05) is 0 Å². The summed E-state index contributed by atoms with van der Waals surface area (Å²) in [6.07, 6.45) is 1.12. The lowest BCUT2D eigenvalue weighted by Gasteiger charge is -2.28. The van der Waals surface area contributed by atoms with E-state index >= 15 is 0 Å². The van der Waals surface area contributed by atoms with Crippen LogP contribution in [0.5, 0.6) is 0 Å². The van der Waals surface area contributed by atoms with E-state index in [1.165, 1.54) is 0 Å². The zero-order chi connectivity index (χ0) is 12.1. The Morgan fingerprint density at radius 3 is 2.56 bits per heavy atom. The zero-order valence-corrected chi connectivity index (χ0v) is 9.68. The molecule has 0 radical (unpaired) electrons. The molecule has 1 heterocycles. The Labute approximate surface area is 93.7 Å². The number of carboxylic acids is 1. The van der Waals surface area contributed by atoms with Gasteiger partial charge in [0.25, 0.3) is 0 Å². The molecule has 0 bridgehead atoms. The molecule has 4 heteroatoms. The first-order valence-electron chi connectivity index (χ1n) is 5.30. The van der Waals surface area contributed by atoms with Crippen LogP contribution < -0.4 is 0 Å². The third-order valence-electron chi connectivity index (χ3n) is 3.08. The summed E-state index contributed by atoms with van der Waals surface area (Å²) in [7, 11) is 0. The second kappa shape index (κ2) is 3.20. The lowest BCUT2D eigenvalue weighted by molar-refractivity contribution is 0.0689. The summed E-state index contributed by atoms with van der Waals surface area (Å²) in [5.41, 5.74) is 1.97. The van der Waals surface area contributed by atoms with Crippen LogP contribution in [0.25, 0.3) is 0 Å². The molecule has 1 aromatic heterocycles. The number of aromatic carboxylic acids is 1. The van der Waals surface area contributed by atoms with Crippen LogP contribution in [-0.4, -0.2) is 21.8 Å². The number of hydrogen-bond acceptors (Lipinski definition) is 2. The highest BCUT2D eigenvalue weighted by Gasteiger charge is 2.36. The number of carbonyl (C=O) groups excluding carboxylic acids is 1. The van der Waals surface area contributed by atoms with E-state index in [9.17, 15) is 9.59 Å². The number of aromatic nitrogens is 1. The molecule has 86 valence electrons. The van der Waals surface area contributed by atoms with Gasteiger partial charge < -0.3 is 10.1 Å². The van der Waals surface area contributed by atoms with Gasteiger partial charge in [-0.3, -0.25) is 4.79 Å². The molecule has 0 spiro atoms. The smallest absolute Gasteiger partial charge is 0.352 e. The molecule has 0 saturated carbocycles. The molecule has 2 N–H and O–H groups in total. The fourth-order valence-electron chi connectivity index (χ4n) is 2.48. The number of H-pyrrole nitrogens is 1. The molecule has 4 nitrogen and oxygen atoms in total. The summed E-state index contributed by atoms with van der Waals surface area (Å²) < 4.78 is 0. The van der Waals surface area contributed by atoms with Crippen LogP contribution in [0, 0.1) is 12.3 Å². The number of nitrogens with one attached hydrogen (secondary N) is 1. The van der Waals surface area contributed by atoms with Gasteiger partial charge in [-0.05, 0) is 24.3 Å². The van der Waals surface area contributed by atoms with Crippen molar-refractivity contribution in [3.05, 3.63) is 22.5 Å². The fourth-order valence-corrected chi connectivity index (χ4v) is 2.48. The minimum Gasteiger partial charge on any atom is -0.477 e. The van der Waals surface area contributed by atoms with Gasteiger partial charge in [0.05, 0.1) is 0 Å². The molecule has 0 amide bonds. The van der Waals surface area contributed by atoms with Crippen molar-refractivity contribution in [1.29, 1.82) is 0 Å². The molecule has 0 unspecified atom stereocenters. The van der Waals surface area contributed by atoms with Gasteiger partial charge >= 0.3 is 5.97 Å². The van der Waals surface area contributed by atoms with Gasteiger partial charge in [-0.1, -0.05) is 13.8 Å². The van der Waals surface area contributed by atoms with Crippen LogP contribution in [0.1, 0.15) is 52.4 Å². The lowest BCUT2D eigenvalue weighted by atomic mass is 9.74. The predicted octanol–water partition coefficient (Wildman–Crippen LogP) is 2.18. The third-order valence-corrected chi connectivity index (χ3v) is 3.08. The van der Waals surface area contributed by atoms with Crippen molar-refractivity contribution in [1.82, 2.24) is 4.98 Å². The van der Waals surface area contributed by atoms with E-state index in [2.05, 4.69) is 4.98 Å². The van der Waals surface area contributed by atoms with Gasteiger partial charge in [0.1, 0.15) is 5.69 Å². The maximum atomic E-state index is 11.9. The average molecular weight is 221 g/mol. The lowest BCUT2D eigenvalue weighted by Crippen LogP contribution is -2.27. The molecule has 0 fully saturated rings. The molecule has 1 aliphatic carbocycles. The van der Waals surface area contributed by atoms with Crippen molar-refractivity contribution in [3.63, 3.8) is 0 Å². The molecule has 0 aromatic carbocycles. The van der Waals surface area contributed by atoms with Gasteiger partial charge in [-0.2, -0.15) is 0 Å². The largest absolute Gasteiger partial charge is 0.477 e. The molecule has 0 atom stereocenters. The Morgan fingerprint density at radius 1 is 1.38 bits per heavy atom. The Bertz CT molecular complexity index is 483. The van der Waals surface area contributed by atoms with Crippen LogP contribution in [0.15, 0.2) is 0 Å². The van der Waals surface area contributed by atoms with E-state index < -0.39 is 5.97 Å². The summed E-state index contributed by atoms with van der Waals surface area (Å²) in [6.45, 7) is 5.73. The number of aryl methyl sites for hydroxylation is 1. The number of Topliss-reactive ketones (excluding diaryl/α,β-unsaturated/α-hetero) is 1. The monoisotopic (exact) mass is 221 g/mol. The maximum Gasteiger partial charge on any atom is 0.352 e. The minimum atomic E-state index is -0.991. The summed E-state index contributed by atoms with van der Waals surface area (Å²) in [6, 6.07) is 0. The van der Waals surface area contributed by atoms with Crippen LogP contribution in [0.4, 0.5) is 0 Å². The van der Waals surface area contributed by atoms with Crippen LogP contribution in [0.3, 0.4) is 0 Å². The van der Waals surface area contributed by atoms with Crippen molar-refractivity contribution < 1.29 is 14.7 Å². The number of rotatable bonds is 1. The molecule has 16 heavy (non-hydrogen) atoms. The Morgan fingerprint density at radius 2 is 2.00 bits per heavy atom. The topological polar surface area (TPSA) is 70.2 Å². The maximum absolute atomic E-state index is 11.9. The van der Waals surface area contributed by atoms with Crippen LogP contribution in [0.2, 0.25) is 0 Å². The first-order chi connectivity index (χ1) is 7.32. The highest BCUT2D eigenvalue weighted by atomic mass is 16.4. The van der Waals surface area contributed by atoms with E-state index in [4.69, 9.17) is 5.11 Å². The van der Waals surface area contributed by atoms with Crippen molar-refractivity contribution >= 4 is 11.8 Å². The van der Waals surface area contributed by atoms with Crippen LogP contribution >= 0.6 is 0 Å². The molecule has 2 rings (SSSR count). The number of ketones is 1. The molecule has 0 aliphatic heterocycles. The molecular weight excluding hydrogens is 206 g/mol. The van der Waals surface area contributed by atoms with E-state index in [0.717, 1.165) is 0 Å². The second-order valence-electron chi connectivity index (χ2n) is 5.22. The van der Waals surface area contributed by atoms with E-state index in [-0.39, 0.29) is 16.9 Å². The zero-order valence-electron chi connectivity index (χ0n) is 9.68. The highest BCUT2D eigenvalue weighted by Crippen LogP contribution is 2.37. The average Bonchev–Trinajstić information content (AvgIpc) is 2.40. The van der Waals surface area contributed by atoms with Crippen molar-refractivity contribution in [2.24, 2.45) is 5.41 Å². The number of fused-ring (bicyclic) bond motifs is 1. The third kappa shape index (κ3) is 1.54. The first-order valence-corrected chi connectivity index (χ1v) is 5.30. The number of aromatic amines is 1. The fraction of sp³-hybridized carbons (Fsp3) is 0.500. The molecule has 0 saturated heterocycles. The standard InChI is InChI=1S/C12H15NO3/c1-6-9-7(10(13-6)11(15)16)4-12(2,3)5-8(9)14/h13H,4-5H2,1-3H3,(H,15,16). The predicted molar refractivity (Wildman–Crippen MR) is 58.9 cm³/mol. The number of carbonyl (C=O) groups is 2. The molecule has 1 aliphatic rings. The van der Waals surface area contributed by atoms with Crippen LogP contribution in [-0.2, 0) is 6.42 Å². The van der Waals surface area contributed by atoms with E-state index in [1.807, 2.05) is 13.8 Å². The van der Waals surface area contributed by atoms with Crippen molar-refractivity contribution in [2.45, 2.75) is 33.6 Å². The Hall–Kier alpha value is -1.58.